The molecule has 0 spiro atoms. The van der Waals surface area contributed by atoms with Gasteiger partial charge in [0.2, 0.25) is 0 Å². The standard InChI is InChI=1S/C14H19NO3S2.ClH/c1-10(19)17-8-12-3-4-14(16-6-5-15)7-13(12)9-18-11(2)20;/h3-4,7H,5-6,8-9,15H2,1-2H3;1H. The van der Waals surface area contributed by atoms with Crippen LogP contribution in [0.15, 0.2) is 18.2 Å². The normalized spacial score (nSPS) is 9.48. The Labute approximate surface area is 142 Å². The first-order valence-corrected chi connectivity index (χ1v) is 7.06. The number of benzene rings is 1. The predicted octanol–water partition coefficient (Wildman–Crippen LogP) is 3.17. The molecule has 0 unspecified atom stereocenters. The monoisotopic (exact) mass is 349 g/mol. The van der Waals surface area contributed by atoms with Gasteiger partial charge in [0.15, 0.2) is 10.1 Å². The van der Waals surface area contributed by atoms with Crippen LogP contribution in [0.5, 0.6) is 5.75 Å². The van der Waals surface area contributed by atoms with Crippen molar-refractivity contribution in [1.82, 2.24) is 0 Å². The summed E-state index contributed by atoms with van der Waals surface area (Å²) in [5.41, 5.74) is 7.37. The average Bonchev–Trinajstić information content (AvgIpc) is 2.41. The quantitative estimate of drug-likeness (QED) is 0.763. The van der Waals surface area contributed by atoms with E-state index in [4.69, 9.17) is 44.4 Å². The lowest BCUT2D eigenvalue weighted by molar-refractivity contribution is 0.275. The van der Waals surface area contributed by atoms with Gasteiger partial charge in [0.1, 0.15) is 25.6 Å². The molecule has 21 heavy (non-hydrogen) atoms. The van der Waals surface area contributed by atoms with Crippen LogP contribution in [-0.4, -0.2) is 23.3 Å². The van der Waals surface area contributed by atoms with E-state index >= 15 is 0 Å². The van der Waals surface area contributed by atoms with Crippen molar-refractivity contribution < 1.29 is 14.2 Å². The fourth-order valence-corrected chi connectivity index (χ4v) is 1.62. The number of nitrogens with two attached hydrogens (primary N) is 1. The van der Waals surface area contributed by atoms with Crippen LogP contribution in [0.1, 0.15) is 25.0 Å². The van der Waals surface area contributed by atoms with Crippen molar-refractivity contribution in [2.45, 2.75) is 27.1 Å². The topological polar surface area (TPSA) is 53.7 Å². The maximum atomic E-state index is 5.50. The Kier molecular flexibility index (Phi) is 10.2. The highest BCUT2D eigenvalue weighted by Gasteiger charge is 2.07. The van der Waals surface area contributed by atoms with Crippen LogP contribution in [0.2, 0.25) is 0 Å². The van der Waals surface area contributed by atoms with Crippen LogP contribution in [-0.2, 0) is 22.7 Å². The summed E-state index contributed by atoms with van der Waals surface area (Å²) in [6.45, 7) is 5.21. The molecule has 0 radical (unpaired) electrons. The Morgan fingerprint density at radius 2 is 1.62 bits per heavy atom. The first kappa shape index (κ1) is 20.1. The fraction of sp³-hybridized carbons (Fsp3) is 0.429. The van der Waals surface area contributed by atoms with E-state index in [0.717, 1.165) is 16.9 Å². The number of halogens is 1. The van der Waals surface area contributed by atoms with Gasteiger partial charge in [-0.25, -0.2) is 0 Å². The molecule has 1 aromatic rings. The summed E-state index contributed by atoms with van der Waals surface area (Å²) < 4.78 is 16.3. The van der Waals surface area contributed by atoms with Crippen LogP contribution in [0, 0.1) is 0 Å². The van der Waals surface area contributed by atoms with Crippen LogP contribution >= 0.6 is 36.8 Å². The van der Waals surface area contributed by atoms with E-state index in [1.54, 1.807) is 13.8 Å². The highest BCUT2D eigenvalue weighted by atomic mass is 35.5. The molecule has 4 nitrogen and oxygen atoms in total. The Balaban J connectivity index is 0.00000400. The molecule has 0 atom stereocenters. The van der Waals surface area contributed by atoms with Crippen molar-refractivity contribution in [3.63, 3.8) is 0 Å². The molecule has 1 rings (SSSR count). The molecule has 0 aromatic heterocycles. The maximum Gasteiger partial charge on any atom is 0.157 e. The molecule has 0 aliphatic rings. The second kappa shape index (κ2) is 10.7. The van der Waals surface area contributed by atoms with Gasteiger partial charge in [-0.05, 0) is 47.7 Å². The zero-order valence-corrected chi connectivity index (χ0v) is 14.5. The van der Waals surface area contributed by atoms with Crippen LogP contribution in [0.25, 0.3) is 0 Å². The lowest BCUT2D eigenvalue weighted by Crippen LogP contribution is -2.11. The molecule has 7 heteroatoms. The van der Waals surface area contributed by atoms with Gasteiger partial charge in [0.25, 0.3) is 0 Å². The SMILES string of the molecule is CC(=S)OCc1ccc(OCCN)cc1COC(C)=S.Cl. The summed E-state index contributed by atoms with van der Waals surface area (Å²) in [6, 6.07) is 5.72. The van der Waals surface area contributed by atoms with Crippen molar-refractivity contribution in [1.29, 1.82) is 0 Å². The highest BCUT2D eigenvalue weighted by molar-refractivity contribution is 7.80. The van der Waals surface area contributed by atoms with Crippen molar-refractivity contribution >= 4 is 46.9 Å². The second-order valence-electron chi connectivity index (χ2n) is 4.13. The summed E-state index contributed by atoms with van der Waals surface area (Å²) in [6.07, 6.45) is 0. The van der Waals surface area contributed by atoms with E-state index in [2.05, 4.69) is 0 Å². The van der Waals surface area contributed by atoms with Crippen molar-refractivity contribution in [2.24, 2.45) is 5.73 Å². The molecule has 0 aliphatic carbocycles. The zero-order valence-electron chi connectivity index (χ0n) is 12.1. The van der Waals surface area contributed by atoms with Gasteiger partial charge in [-0.2, -0.15) is 0 Å². The molecule has 2 N–H and O–H groups in total. The molecule has 0 fully saturated rings. The van der Waals surface area contributed by atoms with E-state index in [0.29, 0.717) is 36.5 Å². The Bertz CT molecular complexity index is 483. The minimum atomic E-state index is 0. The van der Waals surface area contributed by atoms with Gasteiger partial charge in [0, 0.05) is 20.4 Å². The maximum absolute atomic E-state index is 5.50. The van der Waals surface area contributed by atoms with Gasteiger partial charge >= 0.3 is 0 Å². The largest absolute Gasteiger partial charge is 0.492 e. The van der Waals surface area contributed by atoms with Gasteiger partial charge in [-0.1, -0.05) is 6.07 Å². The summed E-state index contributed by atoms with van der Waals surface area (Å²) in [5.74, 6) is 0.749. The second-order valence-corrected chi connectivity index (χ2v) is 5.28. The fourth-order valence-electron chi connectivity index (χ4n) is 1.50. The molecule has 0 saturated carbocycles. The molecular formula is C14H20ClNO3S2. The summed E-state index contributed by atoms with van der Waals surface area (Å²) in [7, 11) is 0. The molecule has 0 aliphatic heterocycles. The van der Waals surface area contributed by atoms with E-state index in [1.807, 2.05) is 18.2 Å². The van der Waals surface area contributed by atoms with Crippen molar-refractivity contribution in [2.75, 3.05) is 13.2 Å². The van der Waals surface area contributed by atoms with Gasteiger partial charge in [-0.3, -0.25) is 0 Å². The highest BCUT2D eigenvalue weighted by Crippen LogP contribution is 2.20. The third-order valence-corrected chi connectivity index (χ3v) is 2.66. The molecule has 118 valence electrons. The predicted molar refractivity (Wildman–Crippen MR) is 94.4 cm³/mol. The van der Waals surface area contributed by atoms with Gasteiger partial charge in [-0.15, -0.1) is 12.4 Å². The van der Waals surface area contributed by atoms with Crippen molar-refractivity contribution in [3.8, 4) is 5.75 Å². The van der Waals surface area contributed by atoms with E-state index in [-0.39, 0.29) is 12.4 Å². The van der Waals surface area contributed by atoms with E-state index in [9.17, 15) is 0 Å². The summed E-state index contributed by atoms with van der Waals surface area (Å²) in [4.78, 5) is 0. The van der Waals surface area contributed by atoms with Crippen LogP contribution in [0.3, 0.4) is 0 Å². The first-order chi connectivity index (χ1) is 9.52. The zero-order chi connectivity index (χ0) is 15.0. The van der Waals surface area contributed by atoms with E-state index in [1.165, 1.54) is 0 Å². The number of rotatable bonds is 7. The lowest BCUT2D eigenvalue weighted by atomic mass is 10.1. The van der Waals surface area contributed by atoms with Crippen molar-refractivity contribution in [3.05, 3.63) is 29.3 Å². The average molecular weight is 350 g/mol. The van der Waals surface area contributed by atoms with Crippen LogP contribution in [0.4, 0.5) is 0 Å². The minimum Gasteiger partial charge on any atom is -0.492 e. The van der Waals surface area contributed by atoms with Gasteiger partial charge < -0.3 is 19.9 Å². The molecule has 1 aromatic carbocycles. The molecular weight excluding hydrogens is 330 g/mol. The molecule has 0 bridgehead atoms. The molecule has 0 heterocycles. The van der Waals surface area contributed by atoms with E-state index < -0.39 is 0 Å². The van der Waals surface area contributed by atoms with Gasteiger partial charge in [0.05, 0.1) is 0 Å². The summed E-state index contributed by atoms with van der Waals surface area (Å²) in [5, 5.41) is 1.00. The number of ether oxygens (including phenoxy) is 3. The Morgan fingerprint density at radius 3 is 2.14 bits per heavy atom. The summed E-state index contributed by atoms with van der Waals surface area (Å²) >= 11 is 9.84. The minimum absolute atomic E-state index is 0. The Hall–Kier alpha value is -0.950. The van der Waals surface area contributed by atoms with Crippen LogP contribution < -0.4 is 10.5 Å². The lowest BCUT2D eigenvalue weighted by Gasteiger charge is -2.13. The number of hydrogen-bond donors (Lipinski definition) is 1. The molecule has 0 saturated heterocycles. The molecule has 0 amide bonds. The third kappa shape index (κ3) is 8.16. The third-order valence-electron chi connectivity index (χ3n) is 2.43. The smallest absolute Gasteiger partial charge is 0.157 e. The number of hydrogen-bond acceptors (Lipinski definition) is 6. The Morgan fingerprint density at radius 1 is 1.05 bits per heavy atom. The first-order valence-electron chi connectivity index (χ1n) is 6.24. The number of thiocarbonyl (C=S) groups is 2.